The van der Waals surface area contributed by atoms with Crippen LogP contribution in [0.4, 0.5) is 11.4 Å². The molecule has 0 radical (unpaired) electrons. The van der Waals surface area contributed by atoms with E-state index in [4.69, 9.17) is 16.3 Å². The molecule has 0 saturated heterocycles. The Labute approximate surface area is 169 Å². The average molecular weight is 398 g/mol. The lowest BCUT2D eigenvalue weighted by molar-refractivity contribution is 0.101. The molecular weight excluding hydrogens is 377 g/mol. The first-order valence-corrected chi connectivity index (χ1v) is 9.14. The molecule has 0 aliphatic carbocycles. The molecule has 2 aromatic carbocycles. The second-order valence-electron chi connectivity index (χ2n) is 6.87. The Hall–Kier alpha value is -2.61. The number of amides is 1. The number of carbonyl (C=O) groups is 1. The third-order valence-corrected chi connectivity index (χ3v) is 4.85. The molecule has 28 heavy (non-hydrogen) atoms. The average Bonchev–Trinajstić information content (AvgIpc) is 2.87. The molecule has 0 unspecified atom stereocenters. The molecule has 1 aliphatic rings. The Morgan fingerprint density at radius 2 is 2.11 bits per heavy atom. The van der Waals surface area contributed by atoms with Crippen LogP contribution in [0.1, 0.15) is 36.7 Å². The third-order valence-electron chi connectivity index (χ3n) is 4.53. The fraction of sp³-hybridized carbons (Fsp3) is 0.200. The zero-order valence-electron chi connectivity index (χ0n) is 15.9. The predicted octanol–water partition coefficient (Wildman–Crippen LogP) is 3.50. The van der Waals surface area contributed by atoms with Crippen LogP contribution < -0.4 is 15.8 Å². The van der Waals surface area contributed by atoms with Crippen LogP contribution in [-0.2, 0) is 10.3 Å². The maximum atomic E-state index is 12.7. The smallest absolute Gasteiger partial charge is 0.423 e. The van der Waals surface area contributed by atoms with Gasteiger partial charge in [0.05, 0.1) is 21.9 Å². The summed E-state index contributed by atoms with van der Waals surface area (Å²) >= 11 is 6.31. The van der Waals surface area contributed by atoms with Crippen LogP contribution in [0.25, 0.3) is 0 Å². The number of hydrogen-bond donors (Lipinski definition) is 2. The zero-order valence-corrected chi connectivity index (χ0v) is 16.7. The first-order valence-electron chi connectivity index (χ1n) is 8.76. The number of nitrogens with one attached hydrogen (secondary N) is 1. The lowest BCUT2D eigenvalue weighted by atomic mass is 9.78. The lowest BCUT2D eigenvalue weighted by Crippen LogP contribution is -2.29. The molecule has 6 nitrogen and oxygen atoms in total. The zero-order chi connectivity index (χ0) is 20.5. The highest BCUT2D eigenvalue weighted by Crippen LogP contribution is 2.31. The Balaban J connectivity index is 1.82. The molecule has 2 N–H and O–H groups in total. The van der Waals surface area contributed by atoms with Crippen molar-refractivity contribution in [2.45, 2.75) is 26.4 Å². The summed E-state index contributed by atoms with van der Waals surface area (Å²) < 4.78 is 5.55. The minimum absolute atomic E-state index is 0.291. The van der Waals surface area contributed by atoms with Gasteiger partial charge in [0.2, 0.25) is 0 Å². The SMILES string of the molecule is C=NN(/C=C\C)c1ccc(C(=O)Nc2ccc3c(c2)B(O)OC3(C)C)c(Cl)c1. The fourth-order valence-electron chi connectivity index (χ4n) is 3.18. The van der Waals surface area contributed by atoms with Crippen LogP contribution in [0.5, 0.6) is 0 Å². The highest BCUT2D eigenvalue weighted by Gasteiger charge is 2.40. The molecule has 144 valence electrons. The van der Waals surface area contributed by atoms with E-state index >= 15 is 0 Å². The second kappa shape index (κ2) is 7.79. The molecule has 1 aliphatic heterocycles. The summed E-state index contributed by atoms with van der Waals surface area (Å²) in [5.41, 5.74) is 2.52. The van der Waals surface area contributed by atoms with Gasteiger partial charge in [-0.15, -0.1) is 0 Å². The molecule has 0 atom stereocenters. The van der Waals surface area contributed by atoms with Crippen LogP contribution in [0.3, 0.4) is 0 Å². The summed E-state index contributed by atoms with van der Waals surface area (Å²) in [6.45, 7) is 9.15. The minimum Gasteiger partial charge on any atom is -0.423 e. The van der Waals surface area contributed by atoms with Crippen LogP contribution in [0.2, 0.25) is 5.02 Å². The Morgan fingerprint density at radius 1 is 1.36 bits per heavy atom. The van der Waals surface area contributed by atoms with E-state index in [1.807, 2.05) is 32.9 Å². The number of nitrogens with zero attached hydrogens (tertiary/aromatic N) is 2. The van der Waals surface area contributed by atoms with E-state index in [9.17, 15) is 9.82 Å². The number of hydrazone groups is 1. The quantitative estimate of drug-likeness (QED) is 0.460. The maximum absolute atomic E-state index is 12.7. The standard InChI is InChI=1S/C20H21BClN3O3/c1-5-10-25(23-4)14-7-8-15(18(22)12-14)19(26)24-13-6-9-16-17(11-13)21(27)28-20(16,2)3/h5-12,27H,4H2,1-3H3,(H,24,26)/b10-5-. The second-order valence-corrected chi connectivity index (χ2v) is 7.28. The maximum Gasteiger partial charge on any atom is 0.492 e. The molecule has 0 saturated carbocycles. The normalized spacial score (nSPS) is 14.8. The number of carbonyl (C=O) groups excluding carboxylic acids is 1. The van der Waals surface area contributed by atoms with Gasteiger partial charge in [0.1, 0.15) is 0 Å². The summed E-state index contributed by atoms with van der Waals surface area (Å²) in [6, 6.07) is 10.3. The van der Waals surface area contributed by atoms with Gasteiger partial charge in [-0.2, -0.15) is 5.10 Å². The van der Waals surface area contributed by atoms with Crippen molar-refractivity contribution >= 4 is 48.2 Å². The van der Waals surface area contributed by atoms with Crippen LogP contribution in [0, 0.1) is 0 Å². The van der Waals surface area contributed by atoms with E-state index in [1.165, 1.54) is 0 Å². The van der Waals surface area contributed by atoms with Gasteiger partial charge in [0, 0.05) is 18.6 Å². The summed E-state index contributed by atoms with van der Waals surface area (Å²) in [5, 5.41) is 18.6. The number of halogens is 1. The highest BCUT2D eigenvalue weighted by molar-refractivity contribution is 6.62. The highest BCUT2D eigenvalue weighted by atomic mass is 35.5. The van der Waals surface area contributed by atoms with Crippen molar-refractivity contribution in [1.82, 2.24) is 0 Å². The van der Waals surface area contributed by atoms with Crippen molar-refractivity contribution < 1.29 is 14.5 Å². The van der Waals surface area contributed by atoms with Gasteiger partial charge >= 0.3 is 7.12 Å². The number of rotatable bonds is 5. The molecule has 1 amide bonds. The van der Waals surface area contributed by atoms with E-state index in [1.54, 1.807) is 41.5 Å². The molecule has 1 heterocycles. The van der Waals surface area contributed by atoms with Gasteiger partial charge in [-0.3, -0.25) is 4.79 Å². The third kappa shape index (κ3) is 3.82. The van der Waals surface area contributed by atoms with Gasteiger partial charge in [-0.05, 0) is 62.1 Å². The van der Waals surface area contributed by atoms with Crippen molar-refractivity contribution in [1.29, 1.82) is 0 Å². The monoisotopic (exact) mass is 397 g/mol. The van der Waals surface area contributed by atoms with Crippen LogP contribution >= 0.6 is 11.6 Å². The number of hydrogen-bond acceptors (Lipinski definition) is 5. The molecule has 0 spiro atoms. The Morgan fingerprint density at radius 3 is 2.75 bits per heavy atom. The molecule has 0 aromatic heterocycles. The number of allylic oxidation sites excluding steroid dienone is 1. The van der Waals surface area contributed by atoms with Crippen molar-refractivity contribution in [3.63, 3.8) is 0 Å². The Kier molecular flexibility index (Phi) is 5.60. The van der Waals surface area contributed by atoms with Gasteiger partial charge in [-0.25, -0.2) is 5.01 Å². The summed E-state index contributed by atoms with van der Waals surface area (Å²) in [7, 11) is -1.02. The Bertz CT molecular complexity index is 962. The fourth-order valence-corrected chi connectivity index (χ4v) is 3.44. The number of fused-ring (bicyclic) bond motifs is 1. The van der Waals surface area contributed by atoms with E-state index in [0.29, 0.717) is 27.4 Å². The predicted molar refractivity (Wildman–Crippen MR) is 114 cm³/mol. The van der Waals surface area contributed by atoms with Crippen LogP contribution in [-0.4, -0.2) is 24.8 Å². The molecular formula is C20H21BClN3O3. The van der Waals surface area contributed by atoms with Crippen LogP contribution in [0.15, 0.2) is 53.8 Å². The molecule has 3 rings (SSSR count). The van der Waals surface area contributed by atoms with Gasteiger partial charge in [0.25, 0.3) is 5.91 Å². The van der Waals surface area contributed by atoms with E-state index in [0.717, 1.165) is 5.56 Å². The lowest BCUT2D eigenvalue weighted by Gasteiger charge is -2.19. The first kappa shape index (κ1) is 20.1. The number of anilines is 2. The summed E-state index contributed by atoms with van der Waals surface area (Å²) in [5.74, 6) is -0.353. The van der Waals surface area contributed by atoms with Crippen molar-refractivity contribution in [3.05, 3.63) is 64.8 Å². The van der Waals surface area contributed by atoms with Crippen molar-refractivity contribution in [2.24, 2.45) is 5.10 Å². The van der Waals surface area contributed by atoms with E-state index in [-0.39, 0.29) is 5.91 Å². The van der Waals surface area contributed by atoms with Gasteiger partial charge < -0.3 is 15.0 Å². The van der Waals surface area contributed by atoms with Gasteiger partial charge in [-0.1, -0.05) is 23.7 Å². The molecule has 0 bridgehead atoms. The molecule has 0 fully saturated rings. The van der Waals surface area contributed by atoms with E-state index < -0.39 is 12.7 Å². The largest absolute Gasteiger partial charge is 0.492 e. The van der Waals surface area contributed by atoms with Crippen molar-refractivity contribution in [3.8, 4) is 0 Å². The number of benzene rings is 2. The van der Waals surface area contributed by atoms with E-state index in [2.05, 4.69) is 17.1 Å². The molecule has 2 aromatic rings. The summed E-state index contributed by atoms with van der Waals surface area (Å²) in [4.78, 5) is 12.7. The minimum atomic E-state index is -1.02. The van der Waals surface area contributed by atoms with Gasteiger partial charge in [0.15, 0.2) is 0 Å². The molecule has 8 heteroatoms. The first-order chi connectivity index (χ1) is 13.3. The summed E-state index contributed by atoms with van der Waals surface area (Å²) in [6.07, 6.45) is 3.55. The topological polar surface area (TPSA) is 74.2 Å². The van der Waals surface area contributed by atoms with Crippen molar-refractivity contribution in [2.75, 3.05) is 10.3 Å².